The van der Waals surface area contributed by atoms with Gasteiger partial charge in [-0.2, -0.15) is 0 Å². The van der Waals surface area contributed by atoms with Crippen molar-refractivity contribution >= 4 is 23.6 Å². The number of hydrogen-bond acceptors (Lipinski definition) is 5. The van der Waals surface area contributed by atoms with Gasteiger partial charge in [0.25, 0.3) is 5.91 Å². The zero-order valence-electron chi connectivity index (χ0n) is 18.7. The molecule has 2 atom stereocenters. The third-order valence-electron chi connectivity index (χ3n) is 5.03. The van der Waals surface area contributed by atoms with Crippen LogP contribution in [0.5, 0.6) is 11.5 Å². The van der Waals surface area contributed by atoms with Crippen molar-refractivity contribution in [2.24, 2.45) is 0 Å². The van der Waals surface area contributed by atoms with Gasteiger partial charge in [-0.3, -0.25) is 4.79 Å². The maximum atomic E-state index is 12.4. The van der Waals surface area contributed by atoms with Crippen LogP contribution >= 0.6 is 0 Å². The summed E-state index contributed by atoms with van der Waals surface area (Å²) in [5.41, 5.74) is 4.57. The molecular weight excluding hydrogens is 394 g/mol. The van der Waals surface area contributed by atoms with Crippen LogP contribution in [0.4, 0.5) is 5.69 Å². The van der Waals surface area contributed by atoms with E-state index in [4.69, 9.17) is 14.2 Å². The highest BCUT2D eigenvalue weighted by Crippen LogP contribution is 2.35. The number of carbonyl (C=O) groups is 2. The first kappa shape index (κ1) is 22.4. The number of fused-ring (bicyclic) bond motifs is 1. The molecule has 1 heterocycles. The minimum absolute atomic E-state index is 0.116. The van der Waals surface area contributed by atoms with Gasteiger partial charge in [-0.05, 0) is 64.5 Å². The second kappa shape index (κ2) is 9.69. The van der Waals surface area contributed by atoms with Gasteiger partial charge in [-0.25, -0.2) is 4.79 Å². The molecule has 6 nitrogen and oxygen atoms in total. The Morgan fingerprint density at radius 3 is 2.74 bits per heavy atom. The summed E-state index contributed by atoms with van der Waals surface area (Å²) in [6, 6.07) is 9.55. The number of esters is 1. The highest BCUT2D eigenvalue weighted by atomic mass is 16.5. The van der Waals surface area contributed by atoms with Crippen LogP contribution < -0.4 is 14.8 Å². The van der Waals surface area contributed by atoms with Gasteiger partial charge >= 0.3 is 5.97 Å². The summed E-state index contributed by atoms with van der Waals surface area (Å²) in [5, 5.41) is 2.80. The molecule has 0 spiro atoms. The number of rotatable bonds is 7. The summed E-state index contributed by atoms with van der Waals surface area (Å²) in [6.07, 6.45) is 2.92. The van der Waals surface area contributed by atoms with E-state index in [0.717, 1.165) is 34.4 Å². The van der Waals surface area contributed by atoms with Crippen molar-refractivity contribution in [2.45, 2.75) is 53.2 Å². The quantitative estimate of drug-likeness (QED) is 0.520. The molecule has 0 radical (unpaired) electrons. The largest absolute Gasteiger partial charge is 0.493 e. The maximum Gasteiger partial charge on any atom is 0.331 e. The SMILES string of the molecule is CCOc1cc2c(cc1/C=C/C(=O)O[C@H](C)C(=O)Nc1ccc(C)cc1C)O[C@H](C)C2. The van der Waals surface area contributed by atoms with Crippen molar-refractivity contribution in [3.63, 3.8) is 0 Å². The summed E-state index contributed by atoms with van der Waals surface area (Å²) in [6.45, 7) is 9.87. The first-order valence-electron chi connectivity index (χ1n) is 10.5. The zero-order chi connectivity index (χ0) is 22.5. The van der Waals surface area contributed by atoms with Gasteiger partial charge in [0.1, 0.15) is 17.6 Å². The molecule has 6 heteroatoms. The van der Waals surface area contributed by atoms with Crippen molar-refractivity contribution in [3.05, 3.63) is 58.7 Å². The maximum absolute atomic E-state index is 12.4. The van der Waals surface area contributed by atoms with E-state index in [-0.39, 0.29) is 12.0 Å². The monoisotopic (exact) mass is 423 g/mol. The minimum Gasteiger partial charge on any atom is -0.493 e. The lowest BCUT2D eigenvalue weighted by molar-refractivity contribution is -0.148. The second-order valence-corrected chi connectivity index (χ2v) is 7.78. The predicted octanol–water partition coefficient (Wildman–Crippen LogP) is 4.61. The fourth-order valence-electron chi connectivity index (χ4n) is 3.48. The number of aryl methyl sites for hydroxylation is 2. The van der Waals surface area contributed by atoms with Gasteiger partial charge < -0.3 is 19.5 Å². The molecule has 2 aromatic carbocycles. The van der Waals surface area contributed by atoms with Crippen LogP contribution in [0.25, 0.3) is 6.08 Å². The van der Waals surface area contributed by atoms with Gasteiger partial charge in [0.15, 0.2) is 6.10 Å². The molecule has 1 N–H and O–H groups in total. The van der Waals surface area contributed by atoms with Crippen LogP contribution in [-0.4, -0.2) is 30.7 Å². The average Bonchev–Trinajstić information content (AvgIpc) is 3.07. The highest BCUT2D eigenvalue weighted by molar-refractivity contribution is 5.97. The molecule has 3 rings (SSSR count). The van der Waals surface area contributed by atoms with Crippen LogP contribution in [0.15, 0.2) is 36.4 Å². The smallest absolute Gasteiger partial charge is 0.331 e. The number of anilines is 1. The molecule has 31 heavy (non-hydrogen) atoms. The van der Waals surface area contributed by atoms with E-state index in [1.807, 2.05) is 58.0 Å². The summed E-state index contributed by atoms with van der Waals surface area (Å²) in [4.78, 5) is 24.7. The lowest BCUT2D eigenvalue weighted by Gasteiger charge is -2.14. The minimum atomic E-state index is -0.937. The summed E-state index contributed by atoms with van der Waals surface area (Å²) in [7, 11) is 0. The molecule has 164 valence electrons. The Morgan fingerprint density at radius 2 is 2.03 bits per heavy atom. The van der Waals surface area contributed by atoms with Crippen molar-refractivity contribution in [3.8, 4) is 11.5 Å². The van der Waals surface area contributed by atoms with Crippen LogP contribution in [-0.2, 0) is 20.7 Å². The molecular formula is C25H29NO5. The number of benzene rings is 2. The average molecular weight is 424 g/mol. The Bertz CT molecular complexity index is 1010. The molecule has 0 saturated heterocycles. The Kier molecular flexibility index (Phi) is 7.00. The lowest BCUT2D eigenvalue weighted by atomic mass is 10.1. The van der Waals surface area contributed by atoms with Gasteiger partial charge in [-0.15, -0.1) is 0 Å². The molecule has 0 saturated carbocycles. The summed E-state index contributed by atoms with van der Waals surface area (Å²) in [5.74, 6) is 0.484. The standard InChI is InChI=1S/C25H29NO5/c1-6-29-22-14-20-12-17(4)30-23(20)13-19(22)8-10-24(27)31-18(5)25(28)26-21-9-7-15(2)11-16(21)3/h7-11,13-14,17-18H,6,12H2,1-5H3,(H,26,28)/b10-8+/t17-,18-/m1/s1. The van der Waals surface area contributed by atoms with E-state index in [1.165, 1.54) is 6.08 Å². The van der Waals surface area contributed by atoms with Crippen LogP contribution in [0, 0.1) is 13.8 Å². The third kappa shape index (κ3) is 5.66. The van der Waals surface area contributed by atoms with Crippen LogP contribution in [0.2, 0.25) is 0 Å². The Labute approximate surface area is 183 Å². The topological polar surface area (TPSA) is 73.9 Å². The predicted molar refractivity (Wildman–Crippen MR) is 121 cm³/mol. The third-order valence-corrected chi connectivity index (χ3v) is 5.03. The molecule has 1 aliphatic rings. The van der Waals surface area contributed by atoms with E-state index in [2.05, 4.69) is 5.32 Å². The molecule has 0 unspecified atom stereocenters. The summed E-state index contributed by atoms with van der Waals surface area (Å²) < 4.78 is 16.8. The van der Waals surface area contributed by atoms with Crippen molar-refractivity contribution in [2.75, 3.05) is 11.9 Å². The first-order valence-corrected chi connectivity index (χ1v) is 10.5. The van der Waals surface area contributed by atoms with Gasteiger partial charge in [-0.1, -0.05) is 17.7 Å². The van der Waals surface area contributed by atoms with E-state index in [0.29, 0.717) is 18.0 Å². The Morgan fingerprint density at radius 1 is 1.26 bits per heavy atom. The van der Waals surface area contributed by atoms with Gasteiger partial charge in [0.2, 0.25) is 0 Å². The normalized spacial score (nSPS) is 15.8. The molecule has 2 aromatic rings. The van der Waals surface area contributed by atoms with Crippen LogP contribution in [0.3, 0.4) is 0 Å². The van der Waals surface area contributed by atoms with Gasteiger partial charge in [0, 0.05) is 29.3 Å². The molecule has 0 bridgehead atoms. The van der Waals surface area contributed by atoms with Crippen molar-refractivity contribution < 1.29 is 23.8 Å². The molecule has 0 aliphatic carbocycles. The molecule has 0 fully saturated rings. The lowest BCUT2D eigenvalue weighted by Crippen LogP contribution is -2.29. The fourth-order valence-corrected chi connectivity index (χ4v) is 3.48. The molecule has 0 aromatic heterocycles. The van der Waals surface area contributed by atoms with E-state index >= 15 is 0 Å². The van der Waals surface area contributed by atoms with Crippen molar-refractivity contribution in [1.82, 2.24) is 0 Å². The number of carbonyl (C=O) groups excluding carboxylic acids is 2. The highest BCUT2D eigenvalue weighted by Gasteiger charge is 2.22. The Balaban J connectivity index is 1.64. The number of ether oxygens (including phenoxy) is 3. The fraction of sp³-hybridized carbons (Fsp3) is 0.360. The number of hydrogen-bond donors (Lipinski definition) is 1. The second-order valence-electron chi connectivity index (χ2n) is 7.78. The van der Waals surface area contributed by atoms with Crippen molar-refractivity contribution in [1.29, 1.82) is 0 Å². The van der Waals surface area contributed by atoms with E-state index < -0.39 is 12.1 Å². The van der Waals surface area contributed by atoms with Crippen LogP contribution in [0.1, 0.15) is 43.0 Å². The molecule has 1 aliphatic heterocycles. The number of nitrogens with one attached hydrogen (secondary N) is 1. The molecule has 1 amide bonds. The Hall–Kier alpha value is -3.28. The van der Waals surface area contributed by atoms with E-state index in [1.54, 1.807) is 13.0 Å². The first-order chi connectivity index (χ1) is 14.8. The summed E-state index contributed by atoms with van der Waals surface area (Å²) >= 11 is 0. The van der Waals surface area contributed by atoms with Gasteiger partial charge in [0.05, 0.1) is 6.61 Å². The number of amides is 1. The van der Waals surface area contributed by atoms with E-state index in [9.17, 15) is 9.59 Å². The zero-order valence-corrected chi connectivity index (χ0v) is 18.7.